The number of aryl methyl sites for hydroxylation is 3. The summed E-state index contributed by atoms with van der Waals surface area (Å²) in [5.74, 6) is 0.195. The molecule has 0 bridgehead atoms. The number of Topliss-reactive ketones (excluding diaryl/α,β-unsaturated/α-hetero) is 1. The van der Waals surface area contributed by atoms with Gasteiger partial charge in [0.05, 0.1) is 32.6 Å². The summed E-state index contributed by atoms with van der Waals surface area (Å²) in [4.78, 5) is 26.4. The molecule has 0 amide bonds. The van der Waals surface area contributed by atoms with E-state index in [2.05, 4.69) is 22.0 Å². The van der Waals surface area contributed by atoms with Crippen molar-refractivity contribution in [2.24, 2.45) is 5.73 Å². The number of ketones is 1. The number of hydrogen-bond acceptors (Lipinski definition) is 7. The van der Waals surface area contributed by atoms with Crippen molar-refractivity contribution in [3.8, 4) is 11.8 Å². The zero-order valence-electron chi connectivity index (χ0n) is 23.0. The summed E-state index contributed by atoms with van der Waals surface area (Å²) in [6, 6.07) is 18.5. The molecule has 0 radical (unpaired) electrons. The Morgan fingerprint density at radius 3 is 2.56 bits per heavy atom. The highest BCUT2D eigenvalue weighted by Gasteiger charge is 2.41. The van der Waals surface area contributed by atoms with Crippen molar-refractivity contribution < 1.29 is 14.5 Å². The van der Waals surface area contributed by atoms with Crippen molar-refractivity contribution in [2.75, 3.05) is 4.90 Å². The van der Waals surface area contributed by atoms with Crippen LogP contribution < -0.4 is 15.4 Å². The molecule has 9 heteroatoms. The van der Waals surface area contributed by atoms with E-state index in [4.69, 9.17) is 10.5 Å². The van der Waals surface area contributed by atoms with Gasteiger partial charge in [0.1, 0.15) is 18.2 Å². The van der Waals surface area contributed by atoms with Gasteiger partial charge in [0.2, 0.25) is 0 Å². The lowest BCUT2D eigenvalue weighted by molar-refractivity contribution is -0.384. The number of ether oxygens (including phenoxy) is 1. The van der Waals surface area contributed by atoms with Crippen molar-refractivity contribution in [2.45, 2.75) is 52.6 Å². The van der Waals surface area contributed by atoms with Gasteiger partial charge in [-0.3, -0.25) is 19.8 Å². The second kappa shape index (κ2) is 11.2. The maximum absolute atomic E-state index is 13.6. The molecule has 8 nitrogen and oxygen atoms in total. The van der Waals surface area contributed by atoms with Gasteiger partial charge >= 0.3 is 0 Å². The number of nitrogens with zero attached hydrogens (tertiary/aromatic N) is 3. The molecule has 3 aromatic carbocycles. The van der Waals surface area contributed by atoms with Crippen LogP contribution in [0.3, 0.4) is 0 Å². The molecule has 0 spiro atoms. The second-order valence-corrected chi connectivity index (χ2v) is 11.3. The maximum Gasteiger partial charge on any atom is 0.271 e. The number of para-hydroxylation sites is 1. The van der Waals surface area contributed by atoms with E-state index >= 15 is 0 Å². The highest BCUT2D eigenvalue weighted by molar-refractivity contribution is 9.10. The van der Waals surface area contributed by atoms with E-state index in [0.29, 0.717) is 48.6 Å². The molecule has 2 N–H and O–H groups in total. The third kappa shape index (κ3) is 5.11. The largest absolute Gasteiger partial charge is 0.488 e. The Labute approximate surface area is 247 Å². The first kappa shape index (κ1) is 28.1. The summed E-state index contributed by atoms with van der Waals surface area (Å²) < 4.78 is 6.96. The molecular formula is C32H29BrN4O4. The van der Waals surface area contributed by atoms with Gasteiger partial charge in [-0.25, -0.2) is 0 Å². The fourth-order valence-corrected chi connectivity index (χ4v) is 6.12. The molecule has 41 heavy (non-hydrogen) atoms. The van der Waals surface area contributed by atoms with Gasteiger partial charge in [-0.1, -0.05) is 30.3 Å². The summed E-state index contributed by atoms with van der Waals surface area (Å²) in [7, 11) is 0. The third-order valence-electron chi connectivity index (χ3n) is 7.81. The Morgan fingerprint density at radius 2 is 1.85 bits per heavy atom. The number of nitriles is 1. The molecular weight excluding hydrogens is 584 g/mol. The molecule has 0 saturated heterocycles. The summed E-state index contributed by atoms with van der Waals surface area (Å²) in [5.41, 5.74) is 13.1. The average molecular weight is 614 g/mol. The monoisotopic (exact) mass is 612 g/mol. The predicted molar refractivity (Wildman–Crippen MR) is 160 cm³/mol. The lowest BCUT2D eigenvalue weighted by atomic mass is 9.74. The molecule has 0 aromatic heterocycles. The van der Waals surface area contributed by atoms with Crippen molar-refractivity contribution in [1.29, 1.82) is 5.26 Å². The van der Waals surface area contributed by atoms with Crippen molar-refractivity contribution in [1.82, 2.24) is 0 Å². The molecule has 0 saturated carbocycles. The van der Waals surface area contributed by atoms with E-state index < -0.39 is 10.8 Å². The Morgan fingerprint density at radius 1 is 1.10 bits per heavy atom. The molecule has 0 fully saturated rings. The normalized spacial score (nSPS) is 16.9. The standard InChI is InChI=1S/C32H29BrN4O4/c1-18-11-12-22(37(39)40)15-27(18)36-26-8-6-9-28(38)31(26)30(24(16-34)32(36)35)23-14-21(19(2)13-20(23)3)17-41-29-10-5-4-7-25(29)33/h4-5,7,10-15,30H,6,8-9,17,35H2,1-3H3. The van der Waals surface area contributed by atoms with Gasteiger partial charge in [-0.05, 0) is 89.5 Å². The van der Waals surface area contributed by atoms with E-state index in [0.717, 1.165) is 32.3 Å². The number of carbonyl (C=O) groups excluding carboxylic acids is 1. The average Bonchev–Trinajstić information content (AvgIpc) is 2.93. The summed E-state index contributed by atoms with van der Waals surface area (Å²) in [6.07, 6.45) is 1.54. The summed E-state index contributed by atoms with van der Waals surface area (Å²) in [6.45, 7) is 6.11. The molecule has 2 aliphatic rings. The number of non-ortho nitro benzene ring substituents is 1. The zero-order valence-corrected chi connectivity index (χ0v) is 24.6. The van der Waals surface area contributed by atoms with Crippen LogP contribution in [-0.4, -0.2) is 10.7 Å². The number of nitro benzene ring substituents is 1. The second-order valence-electron chi connectivity index (χ2n) is 10.4. The first-order chi connectivity index (χ1) is 19.6. The predicted octanol–water partition coefficient (Wildman–Crippen LogP) is 7.17. The summed E-state index contributed by atoms with van der Waals surface area (Å²) in [5, 5.41) is 22.1. The minimum absolute atomic E-state index is 0.0458. The topological polar surface area (TPSA) is 122 Å². The molecule has 1 unspecified atom stereocenters. The lowest BCUT2D eigenvalue weighted by Gasteiger charge is -2.40. The molecule has 1 aliphatic carbocycles. The van der Waals surface area contributed by atoms with Crippen LogP contribution in [-0.2, 0) is 11.4 Å². The fraction of sp³-hybridized carbons (Fsp3) is 0.250. The summed E-state index contributed by atoms with van der Waals surface area (Å²) >= 11 is 3.52. The lowest BCUT2D eigenvalue weighted by Crippen LogP contribution is -2.39. The number of rotatable bonds is 6. The van der Waals surface area contributed by atoms with Gasteiger partial charge in [-0.15, -0.1) is 0 Å². The van der Waals surface area contributed by atoms with Crippen molar-refractivity contribution in [3.05, 3.63) is 120 Å². The van der Waals surface area contributed by atoms with E-state index in [1.807, 2.05) is 57.2 Å². The van der Waals surface area contributed by atoms with Crippen LogP contribution in [0.4, 0.5) is 11.4 Å². The zero-order chi connectivity index (χ0) is 29.4. The highest BCUT2D eigenvalue weighted by Crippen LogP contribution is 2.48. The van der Waals surface area contributed by atoms with Crippen LogP contribution in [0, 0.1) is 42.2 Å². The smallest absolute Gasteiger partial charge is 0.271 e. The van der Waals surface area contributed by atoms with Crippen LogP contribution in [0.25, 0.3) is 0 Å². The van der Waals surface area contributed by atoms with Crippen LogP contribution in [0.15, 0.2) is 81.7 Å². The fourth-order valence-electron chi connectivity index (χ4n) is 5.72. The maximum atomic E-state index is 13.6. The number of nitrogens with two attached hydrogens (primary N) is 1. The number of benzene rings is 3. The van der Waals surface area contributed by atoms with Gasteiger partial charge < -0.3 is 10.5 Å². The van der Waals surface area contributed by atoms with E-state index in [9.17, 15) is 20.2 Å². The van der Waals surface area contributed by atoms with E-state index in [-0.39, 0.29) is 22.9 Å². The van der Waals surface area contributed by atoms with Crippen LogP contribution in [0.5, 0.6) is 5.75 Å². The molecule has 208 valence electrons. The Bertz CT molecular complexity index is 1700. The molecule has 3 aromatic rings. The number of allylic oxidation sites excluding steroid dienone is 3. The van der Waals surface area contributed by atoms with Crippen molar-refractivity contribution in [3.63, 3.8) is 0 Å². The number of nitro groups is 1. The minimum Gasteiger partial charge on any atom is -0.488 e. The minimum atomic E-state index is -0.652. The first-order valence-electron chi connectivity index (χ1n) is 13.3. The molecule has 1 atom stereocenters. The van der Waals surface area contributed by atoms with Gasteiger partial charge in [0.15, 0.2) is 5.78 Å². The van der Waals surface area contributed by atoms with Crippen LogP contribution in [0.2, 0.25) is 0 Å². The number of anilines is 1. The molecule has 5 rings (SSSR count). The Kier molecular flexibility index (Phi) is 7.70. The Hall–Kier alpha value is -4.42. The number of halogens is 1. The quantitative estimate of drug-likeness (QED) is 0.231. The molecule has 1 heterocycles. The molecule has 1 aliphatic heterocycles. The van der Waals surface area contributed by atoms with Gasteiger partial charge in [0, 0.05) is 29.8 Å². The number of hydrogen-bond donors (Lipinski definition) is 1. The first-order valence-corrected chi connectivity index (χ1v) is 14.1. The Balaban J connectivity index is 1.66. The van der Waals surface area contributed by atoms with E-state index in [1.54, 1.807) is 11.0 Å². The van der Waals surface area contributed by atoms with Crippen molar-refractivity contribution >= 4 is 33.1 Å². The van der Waals surface area contributed by atoms with Crippen LogP contribution >= 0.6 is 15.9 Å². The van der Waals surface area contributed by atoms with Crippen LogP contribution in [0.1, 0.15) is 53.0 Å². The van der Waals surface area contributed by atoms with Gasteiger partial charge in [-0.2, -0.15) is 5.26 Å². The third-order valence-corrected chi connectivity index (χ3v) is 8.47. The van der Waals surface area contributed by atoms with Gasteiger partial charge in [0.25, 0.3) is 5.69 Å². The highest BCUT2D eigenvalue weighted by atomic mass is 79.9. The number of carbonyl (C=O) groups is 1. The van der Waals surface area contributed by atoms with E-state index in [1.165, 1.54) is 12.1 Å². The SMILES string of the molecule is Cc1cc(C)c(C2C(C#N)=C(N)N(c3cc([N+](=O)[O-])ccc3C)C3=C2C(=O)CCC3)cc1COc1ccccc1Br.